The molecule has 1 atom stereocenters. The molecule has 2 rings (SSSR count). The van der Waals surface area contributed by atoms with Crippen LogP contribution in [-0.4, -0.2) is 39.6 Å². The summed E-state index contributed by atoms with van der Waals surface area (Å²) in [6.07, 6.45) is -2.33. The summed E-state index contributed by atoms with van der Waals surface area (Å²) >= 11 is 0. The summed E-state index contributed by atoms with van der Waals surface area (Å²) in [5, 5.41) is 9.93. The minimum absolute atomic E-state index is 0.0932. The van der Waals surface area contributed by atoms with Crippen LogP contribution < -0.4 is 0 Å². The van der Waals surface area contributed by atoms with Crippen LogP contribution in [0.2, 0.25) is 0 Å². The Hall–Kier alpha value is -1.63. The van der Waals surface area contributed by atoms with Gasteiger partial charge in [-0.25, -0.2) is 0 Å². The monoisotopic (exact) mass is 288 g/mol. The van der Waals surface area contributed by atoms with E-state index in [2.05, 4.69) is 4.98 Å². The van der Waals surface area contributed by atoms with Gasteiger partial charge >= 0.3 is 6.18 Å². The Bertz CT molecular complexity index is 497. The maximum Gasteiger partial charge on any atom is 0.433 e. The predicted molar refractivity (Wildman–Crippen MR) is 65.0 cm³/mol. The second kappa shape index (κ2) is 5.05. The number of hydrogen-bond acceptors (Lipinski definition) is 3. The molecule has 2 heterocycles. The van der Waals surface area contributed by atoms with Gasteiger partial charge in [0, 0.05) is 19.3 Å². The van der Waals surface area contributed by atoms with Gasteiger partial charge in [0.1, 0.15) is 5.69 Å². The minimum Gasteiger partial charge on any atom is -0.388 e. The molecule has 1 aromatic heterocycles. The predicted octanol–water partition coefficient (Wildman–Crippen LogP) is 2.09. The second-order valence-electron chi connectivity index (χ2n) is 5.26. The van der Waals surface area contributed by atoms with Crippen LogP contribution in [-0.2, 0) is 6.18 Å². The van der Waals surface area contributed by atoms with Crippen molar-refractivity contribution < 1.29 is 23.1 Å². The molecule has 110 valence electrons. The number of alkyl halides is 3. The number of β-amino-alcohol motifs (C(OH)–C–C–N with tert-alkyl or cyclic N) is 1. The molecular formula is C13H15F3N2O2. The molecule has 0 aromatic carbocycles. The first-order chi connectivity index (χ1) is 9.19. The quantitative estimate of drug-likeness (QED) is 0.861. The zero-order valence-corrected chi connectivity index (χ0v) is 10.9. The lowest BCUT2D eigenvalue weighted by molar-refractivity contribution is -0.141. The van der Waals surface area contributed by atoms with E-state index in [4.69, 9.17) is 0 Å². The number of likely N-dealkylation sites (tertiary alicyclic amines) is 1. The fraction of sp³-hybridized carbons (Fsp3) is 0.538. The molecule has 1 fully saturated rings. The summed E-state index contributed by atoms with van der Waals surface area (Å²) < 4.78 is 37.2. The maximum absolute atomic E-state index is 12.4. The maximum atomic E-state index is 12.4. The van der Waals surface area contributed by atoms with Crippen LogP contribution in [0.15, 0.2) is 18.3 Å². The van der Waals surface area contributed by atoms with E-state index in [-0.39, 0.29) is 12.1 Å². The van der Waals surface area contributed by atoms with Crippen molar-refractivity contribution in [3.05, 3.63) is 29.6 Å². The number of hydrogen-bond donors (Lipinski definition) is 1. The molecule has 4 nitrogen and oxygen atoms in total. The lowest BCUT2D eigenvalue weighted by Gasteiger charge is -2.36. The summed E-state index contributed by atoms with van der Waals surface area (Å²) in [6, 6.07) is 1.90. The topological polar surface area (TPSA) is 53.4 Å². The van der Waals surface area contributed by atoms with Crippen LogP contribution in [0.25, 0.3) is 0 Å². The Morgan fingerprint density at radius 3 is 2.65 bits per heavy atom. The summed E-state index contributed by atoms with van der Waals surface area (Å²) in [6.45, 7) is 2.29. The highest BCUT2D eigenvalue weighted by atomic mass is 19.4. The molecule has 0 saturated carbocycles. The Kier molecular flexibility index (Phi) is 3.73. The van der Waals surface area contributed by atoms with Crippen molar-refractivity contribution in [2.45, 2.75) is 31.5 Å². The third kappa shape index (κ3) is 3.27. The number of piperidine rings is 1. The molecule has 1 aromatic rings. The highest BCUT2D eigenvalue weighted by molar-refractivity contribution is 5.94. The molecule has 1 aliphatic heterocycles. The normalized spacial score (nSPS) is 23.8. The summed E-state index contributed by atoms with van der Waals surface area (Å²) in [5.41, 5.74) is -1.89. The molecule has 0 aliphatic carbocycles. The van der Waals surface area contributed by atoms with Gasteiger partial charge < -0.3 is 10.0 Å². The average Bonchev–Trinajstić information content (AvgIpc) is 2.36. The molecule has 20 heavy (non-hydrogen) atoms. The van der Waals surface area contributed by atoms with Crippen LogP contribution in [0.5, 0.6) is 0 Å². The summed E-state index contributed by atoms with van der Waals surface area (Å²) in [7, 11) is 0. The fourth-order valence-electron chi connectivity index (χ4n) is 2.26. The molecule has 7 heteroatoms. The first-order valence-corrected chi connectivity index (χ1v) is 6.24. The van der Waals surface area contributed by atoms with Crippen molar-refractivity contribution in [3.63, 3.8) is 0 Å². The Labute approximate surface area is 114 Å². The number of rotatable bonds is 1. The average molecular weight is 288 g/mol. The molecule has 0 bridgehead atoms. The highest BCUT2D eigenvalue weighted by Crippen LogP contribution is 2.27. The minimum atomic E-state index is -4.52. The third-order valence-corrected chi connectivity index (χ3v) is 3.26. The molecule has 1 aliphatic rings. The van der Waals surface area contributed by atoms with Crippen LogP contribution >= 0.6 is 0 Å². The summed E-state index contributed by atoms with van der Waals surface area (Å²) in [5.74, 6) is -0.411. The van der Waals surface area contributed by atoms with E-state index in [1.54, 1.807) is 6.92 Å². The van der Waals surface area contributed by atoms with Crippen molar-refractivity contribution in [2.24, 2.45) is 0 Å². The zero-order valence-electron chi connectivity index (χ0n) is 10.9. The molecule has 1 saturated heterocycles. The third-order valence-electron chi connectivity index (χ3n) is 3.26. The Balaban J connectivity index is 2.13. The fourth-order valence-corrected chi connectivity index (χ4v) is 2.26. The zero-order chi connectivity index (χ0) is 15.0. The first-order valence-electron chi connectivity index (χ1n) is 6.24. The smallest absolute Gasteiger partial charge is 0.388 e. The highest BCUT2D eigenvalue weighted by Gasteiger charge is 2.34. The SMILES string of the molecule is CC1(O)CCCN(C(=O)c2ccc(C(F)(F)F)nc2)C1. The van der Waals surface area contributed by atoms with Crippen molar-refractivity contribution in [2.75, 3.05) is 13.1 Å². The number of amides is 1. The number of aliphatic hydroxyl groups is 1. The van der Waals surface area contributed by atoms with Crippen LogP contribution in [0.1, 0.15) is 35.8 Å². The van der Waals surface area contributed by atoms with E-state index < -0.39 is 23.4 Å². The Morgan fingerprint density at radius 2 is 2.15 bits per heavy atom. The first kappa shape index (κ1) is 14.8. The van der Waals surface area contributed by atoms with E-state index in [9.17, 15) is 23.1 Å². The van der Waals surface area contributed by atoms with E-state index in [0.29, 0.717) is 19.4 Å². The number of halogens is 3. The Morgan fingerprint density at radius 1 is 1.45 bits per heavy atom. The van der Waals surface area contributed by atoms with E-state index >= 15 is 0 Å². The second-order valence-corrected chi connectivity index (χ2v) is 5.26. The lowest BCUT2D eigenvalue weighted by Crippen LogP contribution is -2.48. The van der Waals surface area contributed by atoms with E-state index in [0.717, 1.165) is 18.3 Å². The van der Waals surface area contributed by atoms with Gasteiger partial charge in [-0.15, -0.1) is 0 Å². The van der Waals surface area contributed by atoms with E-state index in [1.807, 2.05) is 0 Å². The lowest BCUT2D eigenvalue weighted by atomic mass is 9.95. The van der Waals surface area contributed by atoms with Crippen molar-refractivity contribution >= 4 is 5.91 Å². The van der Waals surface area contributed by atoms with Gasteiger partial charge in [0.15, 0.2) is 0 Å². The number of aromatic nitrogens is 1. The van der Waals surface area contributed by atoms with Gasteiger partial charge in [-0.05, 0) is 31.9 Å². The number of nitrogens with zero attached hydrogens (tertiary/aromatic N) is 2. The van der Waals surface area contributed by atoms with Gasteiger partial charge in [0.25, 0.3) is 5.91 Å². The number of carbonyl (C=O) groups is 1. The largest absolute Gasteiger partial charge is 0.433 e. The number of pyridine rings is 1. The molecule has 1 unspecified atom stereocenters. The van der Waals surface area contributed by atoms with E-state index in [1.165, 1.54) is 4.90 Å². The van der Waals surface area contributed by atoms with Crippen molar-refractivity contribution in [3.8, 4) is 0 Å². The van der Waals surface area contributed by atoms with Crippen LogP contribution in [0.3, 0.4) is 0 Å². The molecule has 1 N–H and O–H groups in total. The van der Waals surface area contributed by atoms with Gasteiger partial charge in [-0.1, -0.05) is 0 Å². The van der Waals surface area contributed by atoms with Crippen LogP contribution in [0.4, 0.5) is 13.2 Å². The van der Waals surface area contributed by atoms with Gasteiger partial charge in [0.2, 0.25) is 0 Å². The molecular weight excluding hydrogens is 273 g/mol. The molecule has 0 radical (unpaired) electrons. The standard InChI is InChI=1S/C13H15F3N2O2/c1-12(20)5-2-6-18(8-12)11(19)9-3-4-10(17-7-9)13(14,15)16/h3-4,7,20H,2,5-6,8H2,1H3. The van der Waals surface area contributed by atoms with Gasteiger partial charge in [0.05, 0.1) is 11.2 Å². The van der Waals surface area contributed by atoms with Crippen molar-refractivity contribution in [1.82, 2.24) is 9.88 Å². The van der Waals surface area contributed by atoms with Gasteiger partial charge in [-0.2, -0.15) is 13.2 Å². The van der Waals surface area contributed by atoms with Crippen molar-refractivity contribution in [1.29, 1.82) is 0 Å². The van der Waals surface area contributed by atoms with Crippen LogP contribution in [0, 0.1) is 0 Å². The molecule has 1 amide bonds. The number of carbonyl (C=O) groups excluding carboxylic acids is 1. The summed E-state index contributed by atoms with van der Waals surface area (Å²) in [4.78, 5) is 16.8. The molecule has 0 spiro atoms. The van der Waals surface area contributed by atoms with Gasteiger partial charge in [-0.3, -0.25) is 9.78 Å².